The van der Waals surface area contributed by atoms with Crippen LogP contribution in [0.4, 0.5) is 0 Å². The van der Waals surface area contributed by atoms with Crippen LogP contribution in [0.25, 0.3) is 0 Å². The van der Waals surface area contributed by atoms with Crippen LogP contribution in [-0.4, -0.2) is 11.7 Å². The van der Waals surface area contributed by atoms with E-state index >= 15 is 0 Å². The van der Waals surface area contributed by atoms with Crippen LogP contribution >= 0.6 is 0 Å². The van der Waals surface area contributed by atoms with Crippen molar-refractivity contribution in [1.82, 2.24) is 0 Å². The van der Waals surface area contributed by atoms with Gasteiger partial charge in [0.2, 0.25) is 0 Å². The molecule has 0 aromatic heterocycles. The first-order chi connectivity index (χ1) is 6.29. The maximum Gasteiger partial charge on any atom is 0.0540 e. The summed E-state index contributed by atoms with van der Waals surface area (Å²) < 4.78 is 0. The Kier molecular flexibility index (Phi) is 3.47. The van der Waals surface area contributed by atoms with Gasteiger partial charge in [0.15, 0.2) is 0 Å². The van der Waals surface area contributed by atoms with Crippen molar-refractivity contribution in [1.29, 1.82) is 0 Å². The van der Waals surface area contributed by atoms with Gasteiger partial charge in [-0.1, -0.05) is 49.6 Å². The third-order valence-corrected chi connectivity index (χ3v) is 2.09. The summed E-state index contributed by atoms with van der Waals surface area (Å²) in [6.07, 6.45) is 1.69. The summed E-state index contributed by atoms with van der Waals surface area (Å²) in [5, 5.41) is 9.17. The van der Waals surface area contributed by atoms with Gasteiger partial charge in [-0.05, 0) is 11.1 Å². The quantitative estimate of drug-likeness (QED) is 0.695. The van der Waals surface area contributed by atoms with E-state index in [1.807, 2.05) is 30.3 Å². The average Bonchev–Trinajstić information content (AvgIpc) is 2.20. The van der Waals surface area contributed by atoms with Gasteiger partial charge in [-0.3, -0.25) is 0 Å². The van der Waals surface area contributed by atoms with Gasteiger partial charge in [0.25, 0.3) is 0 Å². The lowest BCUT2D eigenvalue weighted by molar-refractivity contribution is 0.280. The van der Waals surface area contributed by atoms with Crippen molar-refractivity contribution in [3.8, 4) is 0 Å². The predicted octanol–water partition coefficient (Wildman–Crippen LogP) is 2.50. The first kappa shape index (κ1) is 9.75. The van der Waals surface area contributed by atoms with E-state index in [0.29, 0.717) is 0 Å². The van der Waals surface area contributed by atoms with E-state index in [0.717, 1.165) is 11.1 Å². The highest BCUT2D eigenvalue weighted by atomic mass is 16.3. The number of hydrogen-bond donors (Lipinski definition) is 1. The molecule has 0 radical (unpaired) electrons. The van der Waals surface area contributed by atoms with Gasteiger partial charge < -0.3 is 5.11 Å². The smallest absolute Gasteiger partial charge is 0.0540 e. The maximum absolute atomic E-state index is 9.17. The molecule has 0 spiro atoms. The summed E-state index contributed by atoms with van der Waals surface area (Å²) in [7, 11) is 0. The largest absolute Gasteiger partial charge is 0.395 e. The van der Waals surface area contributed by atoms with Gasteiger partial charge in [0, 0.05) is 5.92 Å². The van der Waals surface area contributed by atoms with Crippen LogP contribution < -0.4 is 0 Å². The van der Waals surface area contributed by atoms with Crippen LogP contribution in [0, 0.1) is 0 Å². The van der Waals surface area contributed by atoms with E-state index in [-0.39, 0.29) is 12.5 Å². The number of benzene rings is 1. The fourth-order valence-electron chi connectivity index (χ4n) is 1.26. The van der Waals surface area contributed by atoms with Gasteiger partial charge in [0.1, 0.15) is 0 Å². The van der Waals surface area contributed by atoms with Crippen molar-refractivity contribution < 1.29 is 5.11 Å². The second kappa shape index (κ2) is 4.63. The molecule has 1 unspecified atom stereocenters. The minimum Gasteiger partial charge on any atom is -0.395 e. The van der Waals surface area contributed by atoms with E-state index in [1.165, 1.54) is 0 Å². The summed E-state index contributed by atoms with van der Waals surface area (Å²) in [4.78, 5) is 0. The Balaban J connectivity index is 2.91. The molecule has 1 aromatic carbocycles. The molecule has 0 saturated heterocycles. The van der Waals surface area contributed by atoms with Crippen molar-refractivity contribution in [3.63, 3.8) is 0 Å². The highest BCUT2D eigenvalue weighted by Gasteiger charge is 2.10. The average molecular weight is 174 g/mol. The Hall–Kier alpha value is -1.34. The summed E-state index contributed by atoms with van der Waals surface area (Å²) in [6.45, 7) is 7.57. The van der Waals surface area contributed by atoms with E-state index in [1.54, 1.807) is 6.08 Å². The van der Waals surface area contributed by atoms with Crippen LogP contribution in [-0.2, 0) is 0 Å². The van der Waals surface area contributed by atoms with Crippen molar-refractivity contribution in [2.75, 3.05) is 6.61 Å². The van der Waals surface area contributed by atoms with Crippen LogP contribution in [0.3, 0.4) is 0 Å². The number of hydrogen-bond acceptors (Lipinski definition) is 1. The van der Waals surface area contributed by atoms with E-state index in [4.69, 9.17) is 0 Å². The van der Waals surface area contributed by atoms with E-state index in [9.17, 15) is 5.11 Å². The van der Waals surface area contributed by atoms with Gasteiger partial charge in [0.05, 0.1) is 6.61 Å². The lowest BCUT2D eigenvalue weighted by atomic mass is 9.93. The predicted molar refractivity (Wildman–Crippen MR) is 55.6 cm³/mol. The Morgan fingerprint density at radius 3 is 2.46 bits per heavy atom. The second-order valence-electron chi connectivity index (χ2n) is 2.92. The third kappa shape index (κ3) is 2.30. The molecule has 1 atom stereocenters. The first-order valence-electron chi connectivity index (χ1n) is 4.26. The zero-order chi connectivity index (χ0) is 9.68. The molecule has 1 N–H and O–H groups in total. The molecule has 1 heteroatoms. The van der Waals surface area contributed by atoms with Gasteiger partial charge >= 0.3 is 0 Å². The molecule has 1 aromatic rings. The molecule has 0 fully saturated rings. The molecule has 0 aliphatic heterocycles. The Morgan fingerprint density at radius 1 is 1.38 bits per heavy atom. The molecule has 0 aliphatic carbocycles. The fourth-order valence-corrected chi connectivity index (χ4v) is 1.26. The monoisotopic (exact) mass is 174 g/mol. The standard InChI is InChI=1S/C12H14O/c1-3-10(2)12(9-13)11-7-5-4-6-8-11/h3-8,12-13H,1-2,9H2. The van der Waals surface area contributed by atoms with Crippen LogP contribution in [0.1, 0.15) is 11.5 Å². The molecule has 0 bridgehead atoms. The SMILES string of the molecule is C=CC(=C)C(CO)c1ccccc1. The number of rotatable bonds is 4. The molecule has 0 saturated carbocycles. The number of allylic oxidation sites excluding steroid dienone is 1. The zero-order valence-corrected chi connectivity index (χ0v) is 7.61. The lowest BCUT2D eigenvalue weighted by Gasteiger charge is -2.14. The van der Waals surface area contributed by atoms with Crippen molar-refractivity contribution in [2.45, 2.75) is 5.92 Å². The van der Waals surface area contributed by atoms with E-state index in [2.05, 4.69) is 13.2 Å². The summed E-state index contributed by atoms with van der Waals surface area (Å²) >= 11 is 0. The molecule has 68 valence electrons. The van der Waals surface area contributed by atoms with Gasteiger partial charge in [-0.2, -0.15) is 0 Å². The molecular weight excluding hydrogens is 160 g/mol. The van der Waals surface area contributed by atoms with Crippen LogP contribution in [0.5, 0.6) is 0 Å². The third-order valence-electron chi connectivity index (χ3n) is 2.09. The highest BCUT2D eigenvalue weighted by Crippen LogP contribution is 2.22. The summed E-state index contributed by atoms with van der Waals surface area (Å²) in [5.74, 6) is -0.0151. The molecular formula is C12H14O. The minimum atomic E-state index is -0.0151. The maximum atomic E-state index is 9.17. The first-order valence-corrected chi connectivity index (χ1v) is 4.26. The Bertz CT molecular complexity index is 287. The molecule has 13 heavy (non-hydrogen) atoms. The van der Waals surface area contributed by atoms with Crippen molar-refractivity contribution in [2.24, 2.45) is 0 Å². The number of aliphatic hydroxyl groups excluding tert-OH is 1. The Morgan fingerprint density at radius 2 is 2.00 bits per heavy atom. The molecule has 0 amide bonds. The van der Waals surface area contributed by atoms with Crippen LogP contribution in [0.2, 0.25) is 0 Å². The summed E-state index contributed by atoms with van der Waals surface area (Å²) in [5.41, 5.74) is 1.93. The Labute approximate surface area is 79.0 Å². The fraction of sp³-hybridized carbons (Fsp3) is 0.167. The minimum absolute atomic E-state index is 0.0151. The van der Waals surface area contributed by atoms with Crippen molar-refractivity contribution in [3.05, 3.63) is 60.7 Å². The van der Waals surface area contributed by atoms with Gasteiger partial charge in [-0.25, -0.2) is 0 Å². The van der Waals surface area contributed by atoms with Gasteiger partial charge in [-0.15, -0.1) is 0 Å². The zero-order valence-electron chi connectivity index (χ0n) is 7.61. The molecule has 0 heterocycles. The lowest BCUT2D eigenvalue weighted by Crippen LogP contribution is -2.04. The molecule has 0 aliphatic rings. The van der Waals surface area contributed by atoms with Crippen molar-refractivity contribution >= 4 is 0 Å². The molecule has 1 rings (SSSR count). The topological polar surface area (TPSA) is 20.2 Å². The van der Waals surface area contributed by atoms with Crippen LogP contribution in [0.15, 0.2) is 55.1 Å². The highest BCUT2D eigenvalue weighted by molar-refractivity contribution is 5.32. The second-order valence-corrected chi connectivity index (χ2v) is 2.92. The summed E-state index contributed by atoms with van der Waals surface area (Å²) in [6, 6.07) is 9.82. The molecule has 1 nitrogen and oxygen atoms in total. The normalized spacial score (nSPS) is 12.1. The number of aliphatic hydroxyl groups is 1. The van der Waals surface area contributed by atoms with E-state index < -0.39 is 0 Å².